The van der Waals surface area contributed by atoms with Crippen LogP contribution in [0.5, 0.6) is 17.2 Å². The van der Waals surface area contributed by atoms with Crippen LogP contribution in [-0.4, -0.2) is 76.2 Å². The zero-order valence-corrected chi connectivity index (χ0v) is 23.6. The van der Waals surface area contributed by atoms with Gasteiger partial charge < -0.3 is 24.6 Å². The van der Waals surface area contributed by atoms with Crippen molar-refractivity contribution in [1.82, 2.24) is 9.80 Å². The van der Waals surface area contributed by atoms with Gasteiger partial charge in [-0.3, -0.25) is 9.69 Å². The van der Waals surface area contributed by atoms with Crippen LogP contribution in [0.3, 0.4) is 0 Å². The maximum atomic E-state index is 13.5. The number of nitrogens with zero attached hydrogens (tertiary/aromatic N) is 2. The number of alkyl halides is 3. The first kappa shape index (κ1) is 27.6. The van der Waals surface area contributed by atoms with Crippen molar-refractivity contribution in [3.63, 3.8) is 0 Å². The van der Waals surface area contributed by atoms with Crippen molar-refractivity contribution in [3.05, 3.63) is 59.2 Å². The molecule has 7 rings (SSSR count). The standard InChI is InChI=1S/C32H35F3N2O5/c1-18-16-31(40)24-15-21-9-10-23(38)28-26(21)30(31,12-13-37(24)17-20-6-7-20)29(41-28)27(18)36(2)25(39)11-8-19-4-3-5-22(14-19)42-32(33,34)35/h3-5,8-11,14,18,20,24,27,29,38,40H,6-7,12-13,15-17H2,1-2H3/t18-,24+,27+,29-,30-,31+/m0/s1. The van der Waals surface area contributed by atoms with E-state index in [1.807, 2.05) is 13.0 Å². The second kappa shape index (κ2) is 9.38. The van der Waals surface area contributed by atoms with E-state index in [1.165, 1.54) is 43.2 Å². The predicted molar refractivity (Wildman–Crippen MR) is 148 cm³/mol. The van der Waals surface area contributed by atoms with Crippen LogP contribution in [0.1, 0.15) is 49.3 Å². The molecule has 0 aromatic heterocycles. The number of phenolic OH excluding ortho intramolecular Hbond substituents is 1. The van der Waals surface area contributed by atoms with Crippen LogP contribution in [-0.2, 0) is 16.6 Å². The Balaban J connectivity index is 1.21. The van der Waals surface area contributed by atoms with Gasteiger partial charge >= 0.3 is 6.36 Å². The van der Waals surface area contributed by atoms with Crippen LogP contribution < -0.4 is 9.47 Å². The fourth-order valence-corrected chi connectivity index (χ4v) is 8.56. The third kappa shape index (κ3) is 4.12. The van der Waals surface area contributed by atoms with Gasteiger partial charge in [0.2, 0.25) is 5.91 Å². The number of carbonyl (C=O) groups is 1. The summed E-state index contributed by atoms with van der Waals surface area (Å²) in [5.41, 5.74) is 0.528. The highest BCUT2D eigenvalue weighted by Crippen LogP contribution is 2.66. The summed E-state index contributed by atoms with van der Waals surface area (Å²) in [6.45, 7) is 3.82. The molecular formula is C32H35F3N2O5. The van der Waals surface area contributed by atoms with E-state index in [9.17, 15) is 28.2 Å². The van der Waals surface area contributed by atoms with Gasteiger partial charge in [0, 0.05) is 31.3 Å². The molecule has 2 saturated carbocycles. The van der Waals surface area contributed by atoms with E-state index in [1.54, 1.807) is 24.1 Å². The molecule has 10 heteroatoms. The summed E-state index contributed by atoms with van der Waals surface area (Å²) >= 11 is 0. The molecule has 7 nitrogen and oxygen atoms in total. The average Bonchev–Trinajstić information content (AvgIpc) is 3.66. The normalized spacial score (nSPS) is 33.3. The third-order valence-corrected chi connectivity index (χ3v) is 10.4. The molecule has 2 bridgehead atoms. The summed E-state index contributed by atoms with van der Waals surface area (Å²) in [4.78, 5) is 17.6. The molecule has 224 valence electrons. The lowest BCUT2D eigenvalue weighted by Gasteiger charge is -2.66. The number of rotatable bonds is 6. The van der Waals surface area contributed by atoms with Crippen LogP contribution in [0.25, 0.3) is 6.08 Å². The van der Waals surface area contributed by atoms with E-state index >= 15 is 0 Å². The number of aliphatic hydroxyl groups is 1. The molecule has 2 aromatic carbocycles. The van der Waals surface area contributed by atoms with Gasteiger partial charge in [0.15, 0.2) is 11.5 Å². The number of benzene rings is 2. The second-order valence-corrected chi connectivity index (χ2v) is 12.9. The molecule has 0 radical (unpaired) electrons. The minimum Gasteiger partial charge on any atom is -0.504 e. The number of likely N-dealkylation sites (N-methyl/N-ethyl adjacent to an activating group) is 1. The van der Waals surface area contributed by atoms with Crippen molar-refractivity contribution >= 4 is 12.0 Å². The number of piperidine rings is 1. The van der Waals surface area contributed by atoms with Crippen molar-refractivity contribution in [2.75, 3.05) is 20.1 Å². The Morgan fingerprint density at radius 1 is 1.26 bits per heavy atom. The number of ether oxygens (including phenoxy) is 2. The van der Waals surface area contributed by atoms with Gasteiger partial charge in [-0.2, -0.15) is 0 Å². The Morgan fingerprint density at radius 2 is 2.05 bits per heavy atom. The number of aromatic hydroxyl groups is 1. The highest BCUT2D eigenvalue weighted by molar-refractivity contribution is 5.92. The number of hydrogen-bond donors (Lipinski definition) is 2. The fourth-order valence-electron chi connectivity index (χ4n) is 8.56. The summed E-state index contributed by atoms with van der Waals surface area (Å²) in [7, 11) is 1.70. The van der Waals surface area contributed by atoms with E-state index in [2.05, 4.69) is 9.64 Å². The Bertz CT molecular complexity index is 1460. The van der Waals surface area contributed by atoms with Crippen molar-refractivity contribution < 1.29 is 37.7 Å². The molecule has 5 aliphatic rings. The minimum atomic E-state index is -4.81. The van der Waals surface area contributed by atoms with Crippen molar-refractivity contribution in [2.24, 2.45) is 11.8 Å². The number of amides is 1. The van der Waals surface area contributed by atoms with Gasteiger partial charge in [-0.1, -0.05) is 25.1 Å². The van der Waals surface area contributed by atoms with E-state index in [4.69, 9.17) is 4.74 Å². The molecule has 1 saturated heterocycles. The lowest BCUT2D eigenvalue weighted by atomic mass is 9.46. The summed E-state index contributed by atoms with van der Waals surface area (Å²) in [6.07, 6.45) is 1.72. The number of likely N-dealkylation sites (tertiary alicyclic amines) is 1. The monoisotopic (exact) mass is 584 g/mol. The van der Waals surface area contributed by atoms with Crippen LogP contribution in [0, 0.1) is 11.8 Å². The number of hydrogen-bond acceptors (Lipinski definition) is 6. The zero-order chi connectivity index (χ0) is 29.6. The average molecular weight is 585 g/mol. The van der Waals surface area contributed by atoms with Crippen LogP contribution >= 0.6 is 0 Å². The Kier molecular flexibility index (Phi) is 6.16. The summed E-state index contributed by atoms with van der Waals surface area (Å²) < 4.78 is 48.6. The van der Waals surface area contributed by atoms with E-state index < -0.39 is 29.5 Å². The molecule has 2 N–H and O–H groups in total. The first-order valence-corrected chi connectivity index (χ1v) is 14.7. The summed E-state index contributed by atoms with van der Waals surface area (Å²) in [5, 5.41) is 23.6. The maximum absolute atomic E-state index is 13.5. The fraction of sp³-hybridized carbons (Fsp3) is 0.531. The molecule has 2 aromatic rings. The van der Waals surface area contributed by atoms with Crippen molar-refractivity contribution in [3.8, 4) is 17.2 Å². The SMILES string of the molecule is C[C@H]1C[C@@]2(O)[C@H]3Cc4ccc(O)c5c4[C@@]2(CCN3CC2CC2)[C@@H](O5)[C@@H]1N(C)C(=O)C=Cc1cccc(OC(F)(F)F)c1. The molecule has 0 unspecified atom stereocenters. The molecule has 1 spiro atoms. The number of carbonyl (C=O) groups excluding carboxylic acids is 1. The quantitative estimate of drug-likeness (QED) is 0.482. The lowest BCUT2D eigenvalue weighted by Crippen LogP contribution is -2.79. The molecule has 3 fully saturated rings. The van der Waals surface area contributed by atoms with E-state index in [-0.39, 0.29) is 29.4 Å². The summed E-state index contributed by atoms with van der Waals surface area (Å²) in [5.74, 6) is 0.318. The Hall–Kier alpha value is -3.24. The smallest absolute Gasteiger partial charge is 0.504 e. The van der Waals surface area contributed by atoms with Gasteiger partial charge in [-0.15, -0.1) is 13.2 Å². The molecule has 42 heavy (non-hydrogen) atoms. The number of halogens is 3. The first-order chi connectivity index (χ1) is 19.9. The number of phenols is 1. The molecule has 3 aliphatic carbocycles. The summed E-state index contributed by atoms with van der Waals surface area (Å²) in [6, 6.07) is 8.59. The van der Waals surface area contributed by atoms with Crippen LogP contribution in [0.2, 0.25) is 0 Å². The largest absolute Gasteiger partial charge is 0.573 e. The zero-order valence-electron chi connectivity index (χ0n) is 23.6. The van der Waals surface area contributed by atoms with Crippen molar-refractivity contribution in [2.45, 2.75) is 74.6 Å². The molecule has 6 atom stereocenters. The molecular weight excluding hydrogens is 549 g/mol. The topological polar surface area (TPSA) is 82.5 Å². The highest BCUT2D eigenvalue weighted by atomic mass is 19.4. The van der Waals surface area contributed by atoms with Crippen molar-refractivity contribution in [1.29, 1.82) is 0 Å². The Labute approximate surface area is 242 Å². The lowest BCUT2D eigenvalue weighted by molar-refractivity contribution is -0.274. The van der Waals surface area contributed by atoms with Gasteiger partial charge in [0.05, 0.1) is 17.1 Å². The predicted octanol–water partition coefficient (Wildman–Crippen LogP) is 4.64. The molecule has 1 amide bonds. The highest BCUT2D eigenvalue weighted by Gasteiger charge is 2.74. The Morgan fingerprint density at radius 3 is 2.79 bits per heavy atom. The van der Waals surface area contributed by atoms with Gasteiger partial charge in [0.1, 0.15) is 11.9 Å². The van der Waals surface area contributed by atoms with Crippen LogP contribution in [0.15, 0.2) is 42.5 Å². The van der Waals surface area contributed by atoms with Crippen LogP contribution in [0.4, 0.5) is 13.2 Å². The molecule has 2 heterocycles. The maximum Gasteiger partial charge on any atom is 0.573 e. The minimum absolute atomic E-state index is 0.0416. The van der Waals surface area contributed by atoms with Gasteiger partial charge in [-0.05, 0) is 85.9 Å². The second-order valence-electron chi connectivity index (χ2n) is 12.9. The van der Waals surface area contributed by atoms with E-state index in [0.29, 0.717) is 36.5 Å². The van der Waals surface area contributed by atoms with E-state index in [0.717, 1.165) is 24.2 Å². The third-order valence-electron chi connectivity index (χ3n) is 10.4. The first-order valence-electron chi connectivity index (χ1n) is 14.7. The molecule has 2 aliphatic heterocycles. The van der Waals surface area contributed by atoms with Gasteiger partial charge in [0.25, 0.3) is 0 Å². The van der Waals surface area contributed by atoms with Gasteiger partial charge in [-0.25, -0.2) is 0 Å².